The highest BCUT2D eigenvalue weighted by Crippen LogP contribution is 2.27. The van der Waals surface area contributed by atoms with Crippen LogP contribution in [0, 0.1) is 6.92 Å². The average molecular weight is 291 g/mol. The first-order valence-electron chi connectivity index (χ1n) is 6.99. The zero-order valence-electron chi connectivity index (χ0n) is 12.3. The number of nitrogens with one attached hydrogen (secondary N) is 1. The second-order valence-corrected chi connectivity index (χ2v) is 5.82. The number of aromatic nitrogens is 2. The van der Waals surface area contributed by atoms with Crippen molar-refractivity contribution < 1.29 is 4.74 Å². The van der Waals surface area contributed by atoms with Crippen LogP contribution in [0.3, 0.4) is 0 Å². The molecule has 0 aliphatic heterocycles. The van der Waals surface area contributed by atoms with Crippen LogP contribution in [-0.2, 0) is 11.3 Å². The fraction of sp³-hybridized carbons (Fsp3) is 0.467. The molecular formula is C15H21N3OS. The first-order valence-corrected chi connectivity index (χ1v) is 7.81. The Balaban J connectivity index is 2.29. The smallest absolute Gasteiger partial charge is 0.157 e. The van der Waals surface area contributed by atoms with Gasteiger partial charge in [-0.25, -0.2) is 9.97 Å². The Labute approximate surface area is 124 Å². The molecule has 4 nitrogen and oxygen atoms in total. The van der Waals surface area contributed by atoms with Crippen LogP contribution >= 0.6 is 11.3 Å². The number of thiophene rings is 1. The van der Waals surface area contributed by atoms with Gasteiger partial charge in [-0.05, 0) is 32.4 Å². The molecular weight excluding hydrogens is 270 g/mol. The van der Waals surface area contributed by atoms with E-state index in [0.717, 1.165) is 30.3 Å². The van der Waals surface area contributed by atoms with Gasteiger partial charge in [0, 0.05) is 24.1 Å². The number of aryl methyl sites for hydroxylation is 1. The molecule has 2 rings (SSSR count). The maximum absolute atomic E-state index is 5.43. The van der Waals surface area contributed by atoms with Crippen molar-refractivity contribution in [3.63, 3.8) is 0 Å². The zero-order valence-corrected chi connectivity index (χ0v) is 13.1. The van der Waals surface area contributed by atoms with Gasteiger partial charge in [0.1, 0.15) is 12.4 Å². The Bertz CT molecular complexity index is 528. The van der Waals surface area contributed by atoms with E-state index in [4.69, 9.17) is 4.74 Å². The Hall–Kier alpha value is -1.46. The fourth-order valence-electron chi connectivity index (χ4n) is 1.80. The molecule has 0 aromatic carbocycles. The topological polar surface area (TPSA) is 47.0 Å². The molecule has 0 atom stereocenters. The first kappa shape index (κ1) is 14.9. The van der Waals surface area contributed by atoms with Gasteiger partial charge in [0.2, 0.25) is 0 Å². The molecule has 0 saturated heterocycles. The quantitative estimate of drug-likeness (QED) is 0.841. The normalized spacial score (nSPS) is 10.8. The summed E-state index contributed by atoms with van der Waals surface area (Å²) in [6, 6.07) is 6.23. The molecule has 1 N–H and O–H groups in total. The maximum atomic E-state index is 5.43. The fourth-order valence-corrected chi connectivity index (χ4v) is 2.63. The van der Waals surface area contributed by atoms with Gasteiger partial charge in [0.05, 0.1) is 10.6 Å². The van der Waals surface area contributed by atoms with Crippen molar-refractivity contribution in [3.05, 3.63) is 28.9 Å². The standard InChI is InChI=1S/C15H21N3OS/c1-4-8-16-14-9-12(13-7-6-11(3)20-13)17-15(18-14)10-19-5-2/h6-7,9H,4-5,8,10H2,1-3H3,(H,16,17,18). The van der Waals surface area contributed by atoms with E-state index in [1.165, 1.54) is 9.75 Å². The zero-order chi connectivity index (χ0) is 14.4. The minimum absolute atomic E-state index is 0.454. The molecule has 0 fully saturated rings. The van der Waals surface area contributed by atoms with Gasteiger partial charge in [-0.1, -0.05) is 6.92 Å². The molecule has 2 aromatic rings. The van der Waals surface area contributed by atoms with Crippen molar-refractivity contribution in [1.82, 2.24) is 9.97 Å². The number of hydrogen-bond donors (Lipinski definition) is 1. The summed E-state index contributed by atoms with van der Waals surface area (Å²) >= 11 is 1.75. The van der Waals surface area contributed by atoms with Crippen LogP contribution in [0.2, 0.25) is 0 Å². The Morgan fingerprint density at radius 3 is 2.75 bits per heavy atom. The molecule has 2 heterocycles. The lowest BCUT2D eigenvalue weighted by atomic mass is 10.3. The van der Waals surface area contributed by atoms with Crippen LogP contribution in [0.4, 0.5) is 5.82 Å². The van der Waals surface area contributed by atoms with Crippen LogP contribution in [0.25, 0.3) is 10.6 Å². The van der Waals surface area contributed by atoms with Crippen molar-refractivity contribution >= 4 is 17.2 Å². The van der Waals surface area contributed by atoms with Crippen LogP contribution in [-0.4, -0.2) is 23.1 Å². The SMILES string of the molecule is CCCNc1cc(-c2ccc(C)s2)nc(COCC)n1. The highest BCUT2D eigenvalue weighted by Gasteiger charge is 2.08. The number of nitrogens with zero attached hydrogens (tertiary/aromatic N) is 2. The van der Waals surface area contributed by atoms with E-state index in [-0.39, 0.29) is 0 Å². The summed E-state index contributed by atoms with van der Waals surface area (Å²) in [7, 11) is 0. The summed E-state index contributed by atoms with van der Waals surface area (Å²) in [6.45, 7) is 8.25. The van der Waals surface area contributed by atoms with E-state index in [2.05, 4.69) is 41.3 Å². The Morgan fingerprint density at radius 2 is 2.10 bits per heavy atom. The lowest BCUT2D eigenvalue weighted by Gasteiger charge is -2.09. The van der Waals surface area contributed by atoms with Crippen LogP contribution < -0.4 is 5.32 Å². The van der Waals surface area contributed by atoms with E-state index in [0.29, 0.717) is 13.2 Å². The van der Waals surface area contributed by atoms with Crippen molar-refractivity contribution in [1.29, 1.82) is 0 Å². The second-order valence-electron chi connectivity index (χ2n) is 4.53. The largest absolute Gasteiger partial charge is 0.374 e. The summed E-state index contributed by atoms with van der Waals surface area (Å²) in [6.07, 6.45) is 1.07. The van der Waals surface area contributed by atoms with Crippen LogP contribution in [0.5, 0.6) is 0 Å². The summed E-state index contributed by atoms with van der Waals surface area (Å²) in [5, 5.41) is 3.33. The van der Waals surface area contributed by atoms with E-state index in [1.54, 1.807) is 11.3 Å². The van der Waals surface area contributed by atoms with Gasteiger partial charge in [-0.15, -0.1) is 11.3 Å². The molecule has 0 spiro atoms. The molecule has 0 amide bonds. The van der Waals surface area contributed by atoms with Crippen LogP contribution in [0.15, 0.2) is 18.2 Å². The molecule has 0 aliphatic rings. The highest BCUT2D eigenvalue weighted by atomic mass is 32.1. The summed E-state index contributed by atoms with van der Waals surface area (Å²) in [4.78, 5) is 11.5. The summed E-state index contributed by atoms with van der Waals surface area (Å²) < 4.78 is 5.43. The number of ether oxygens (including phenoxy) is 1. The third kappa shape index (κ3) is 4.02. The van der Waals surface area contributed by atoms with Gasteiger partial charge >= 0.3 is 0 Å². The Morgan fingerprint density at radius 1 is 1.25 bits per heavy atom. The molecule has 0 bridgehead atoms. The minimum Gasteiger partial charge on any atom is -0.374 e. The third-order valence-corrected chi connectivity index (χ3v) is 3.78. The molecule has 20 heavy (non-hydrogen) atoms. The van der Waals surface area contributed by atoms with Crippen molar-refractivity contribution in [2.75, 3.05) is 18.5 Å². The highest BCUT2D eigenvalue weighted by molar-refractivity contribution is 7.15. The molecule has 5 heteroatoms. The first-order chi connectivity index (χ1) is 9.72. The summed E-state index contributed by atoms with van der Waals surface area (Å²) in [5.41, 5.74) is 0.964. The van der Waals surface area contributed by atoms with Gasteiger partial charge in [0.15, 0.2) is 5.82 Å². The van der Waals surface area contributed by atoms with Gasteiger partial charge in [-0.3, -0.25) is 0 Å². The molecule has 0 radical (unpaired) electrons. The lowest BCUT2D eigenvalue weighted by molar-refractivity contribution is 0.128. The van der Waals surface area contributed by atoms with Gasteiger partial charge < -0.3 is 10.1 Å². The average Bonchev–Trinajstić information content (AvgIpc) is 2.89. The van der Waals surface area contributed by atoms with Crippen molar-refractivity contribution in [2.24, 2.45) is 0 Å². The van der Waals surface area contributed by atoms with Crippen molar-refractivity contribution in [3.8, 4) is 10.6 Å². The number of hydrogen-bond acceptors (Lipinski definition) is 5. The second kappa shape index (κ2) is 7.36. The molecule has 2 aromatic heterocycles. The summed E-state index contributed by atoms with van der Waals surface area (Å²) in [5.74, 6) is 1.60. The van der Waals surface area contributed by atoms with E-state index in [1.807, 2.05) is 13.0 Å². The van der Waals surface area contributed by atoms with Gasteiger partial charge in [0.25, 0.3) is 0 Å². The van der Waals surface area contributed by atoms with Crippen molar-refractivity contribution in [2.45, 2.75) is 33.8 Å². The predicted octanol–water partition coefficient (Wildman–Crippen LogP) is 3.87. The molecule has 0 aliphatic carbocycles. The van der Waals surface area contributed by atoms with E-state index >= 15 is 0 Å². The number of rotatable bonds is 7. The monoisotopic (exact) mass is 291 g/mol. The van der Waals surface area contributed by atoms with Gasteiger partial charge in [-0.2, -0.15) is 0 Å². The number of anilines is 1. The maximum Gasteiger partial charge on any atom is 0.157 e. The Kier molecular flexibility index (Phi) is 5.49. The lowest BCUT2D eigenvalue weighted by Crippen LogP contribution is -2.07. The molecule has 0 saturated carbocycles. The van der Waals surface area contributed by atoms with E-state index in [9.17, 15) is 0 Å². The minimum atomic E-state index is 0.454. The van der Waals surface area contributed by atoms with E-state index < -0.39 is 0 Å². The predicted molar refractivity (Wildman–Crippen MR) is 84.2 cm³/mol. The third-order valence-electron chi connectivity index (χ3n) is 2.76. The molecule has 0 unspecified atom stereocenters. The van der Waals surface area contributed by atoms with Crippen LogP contribution in [0.1, 0.15) is 31.0 Å². The molecule has 108 valence electrons.